The molecule has 2 heterocycles. The third-order valence-electron chi connectivity index (χ3n) is 4.52. The van der Waals surface area contributed by atoms with E-state index in [1.165, 1.54) is 17.4 Å². The van der Waals surface area contributed by atoms with Crippen LogP contribution in [0.3, 0.4) is 0 Å². The normalized spacial score (nSPS) is 13.1. The topological polar surface area (TPSA) is 71.5 Å². The Kier molecular flexibility index (Phi) is 5.21. The van der Waals surface area contributed by atoms with Crippen molar-refractivity contribution in [3.8, 4) is 17.0 Å². The lowest BCUT2D eigenvalue weighted by Crippen LogP contribution is -2.35. The molecule has 2 aromatic carbocycles. The van der Waals surface area contributed by atoms with E-state index < -0.39 is 0 Å². The number of likely N-dealkylation sites (N-methyl/N-ethyl adjacent to an activating group) is 1. The highest BCUT2D eigenvalue weighted by molar-refractivity contribution is 7.16. The van der Waals surface area contributed by atoms with E-state index in [-0.39, 0.29) is 18.4 Å². The van der Waals surface area contributed by atoms with Crippen LogP contribution < -0.4 is 15.0 Å². The van der Waals surface area contributed by atoms with Gasteiger partial charge in [-0.1, -0.05) is 23.2 Å². The van der Waals surface area contributed by atoms with Crippen LogP contribution in [0.15, 0.2) is 36.4 Å². The van der Waals surface area contributed by atoms with Crippen LogP contribution in [0, 0.1) is 6.92 Å². The Bertz CT molecular complexity index is 1150. The Morgan fingerprint density at radius 2 is 2.00 bits per heavy atom. The monoisotopic (exact) mass is 447 g/mol. The highest BCUT2D eigenvalue weighted by Crippen LogP contribution is 2.38. The molecule has 0 aliphatic carbocycles. The number of carbonyl (C=O) groups excluding carboxylic acids is 2. The van der Waals surface area contributed by atoms with E-state index in [1.807, 2.05) is 25.1 Å². The number of anilines is 2. The minimum absolute atomic E-state index is 0.0312. The van der Waals surface area contributed by atoms with Gasteiger partial charge in [0.05, 0.1) is 21.4 Å². The van der Waals surface area contributed by atoms with Crippen molar-refractivity contribution in [2.75, 3.05) is 23.9 Å². The van der Waals surface area contributed by atoms with Crippen molar-refractivity contribution in [2.45, 2.75) is 6.92 Å². The van der Waals surface area contributed by atoms with Crippen LogP contribution in [0.5, 0.6) is 5.75 Å². The van der Waals surface area contributed by atoms with Gasteiger partial charge in [-0.3, -0.25) is 14.9 Å². The third kappa shape index (κ3) is 3.81. The van der Waals surface area contributed by atoms with Gasteiger partial charge in [0.2, 0.25) is 0 Å². The maximum Gasteiger partial charge on any atom is 0.264 e. The van der Waals surface area contributed by atoms with Gasteiger partial charge in [-0.15, -0.1) is 11.3 Å². The number of carbonyl (C=O) groups is 2. The molecule has 0 fully saturated rings. The smallest absolute Gasteiger partial charge is 0.264 e. The summed E-state index contributed by atoms with van der Waals surface area (Å²) in [5.74, 6) is 0.212. The van der Waals surface area contributed by atoms with E-state index in [2.05, 4.69) is 10.3 Å². The van der Waals surface area contributed by atoms with Gasteiger partial charge in [0, 0.05) is 23.1 Å². The van der Waals surface area contributed by atoms with Gasteiger partial charge in [-0.2, -0.15) is 0 Å². The number of hydrogen-bond donors (Lipinski definition) is 1. The van der Waals surface area contributed by atoms with Crippen molar-refractivity contribution < 1.29 is 14.3 Å². The fourth-order valence-corrected chi connectivity index (χ4v) is 4.07. The predicted octanol–water partition coefficient (Wildman–Crippen LogP) is 5.03. The van der Waals surface area contributed by atoms with Crippen molar-refractivity contribution >= 4 is 57.2 Å². The molecular formula is C20H15Cl2N3O3S. The zero-order valence-corrected chi connectivity index (χ0v) is 17.8. The van der Waals surface area contributed by atoms with Gasteiger partial charge in [0.25, 0.3) is 11.8 Å². The van der Waals surface area contributed by atoms with Crippen LogP contribution >= 0.6 is 34.5 Å². The van der Waals surface area contributed by atoms with Crippen molar-refractivity contribution in [3.05, 3.63) is 56.9 Å². The molecule has 2 amide bonds. The van der Waals surface area contributed by atoms with E-state index in [9.17, 15) is 9.59 Å². The molecule has 0 bridgehead atoms. The molecule has 0 spiro atoms. The molecule has 0 saturated heterocycles. The van der Waals surface area contributed by atoms with E-state index in [0.717, 1.165) is 16.1 Å². The van der Waals surface area contributed by atoms with Crippen molar-refractivity contribution in [1.82, 2.24) is 4.98 Å². The first-order valence-corrected chi connectivity index (χ1v) is 10.2. The Balaban J connectivity index is 1.61. The molecule has 6 nitrogen and oxygen atoms in total. The van der Waals surface area contributed by atoms with Gasteiger partial charge in [0.1, 0.15) is 5.75 Å². The van der Waals surface area contributed by atoms with Crippen LogP contribution in [0.2, 0.25) is 10.0 Å². The van der Waals surface area contributed by atoms with Gasteiger partial charge in [-0.25, -0.2) is 4.98 Å². The molecule has 0 radical (unpaired) electrons. The Labute approximate surface area is 181 Å². The van der Waals surface area contributed by atoms with E-state index in [0.29, 0.717) is 32.2 Å². The molecule has 3 aromatic rings. The first kappa shape index (κ1) is 19.7. The second kappa shape index (κ2) is 7.67. The molecule has 0 unspecified atom stereocenters. The molecule has 29 heavy (non-hydrogen) atoms. The summed E-state index contributed by atoms with van der Waals surface area (Å²) in [7, 11) is 1.71. The SMILES string of the molecule is Cc1sc(NC(=O)c2ccc(Cl)c(Cl)c2)nc1-c1ccc2c(c1)N(C)C(=O)CO2. The molecule has 4 rings (SSSR count). The summed E-state index contributed by atoms with van der Waals surface area (Å²) >= 11 is 13.3. The lowest BCUT2D eigenvalue weighted by atomic mass is 10.1. The number of rotatable bonds is 3. The summed E-state index contributed by atoms with van der Waals surface area (Å²) in [6.45, 7) is 1.95. The molecule has 1 aliphatic heterocycles. The number of fused-ring (bicyclic) bond motifs is 1. The number of amides is 2. The van der Waals surface area contributed by atoms with Crippen molar-refractivity contribution in [2.24, 2.45) is 0 Å². The summed E-state index contributed by atoms with van der Waals surface area (Å²) in [5, 5.41) is 3.95. The second-order valence-electron chi connectivity index (χ2n) is 6.43. The molecule has 148 valence electrons. The summed E-state index contributed by atoms with van der Waals surface area (Å²) < 4.78 is 5.47. The highest BCUT2D eigenvalue weighted by Gasteiger charge is 2.23. The summed E-state index contributed by atoms with van der Waals surface area (Å²) in [4.78, 5) is 31.5. The van der Waals surface area contributed by atoms with Gasteiger partial charge < -0.3 is 9.64 Å². The van der Waals surface area contributed by atoms with Gasteiger partial charge in [-0.05, 0) is 43.3 Å². The quantitative estimate of drug-likeness (QED) is 0.610. The Morgan fingerprint density at radius 3 is 2.76 bits per heavy atom. The highest BCUT2D eigenvalue weighted by atomic mass is 35.5. The molecule has 1 aromatic heterocycles. The number of nitrogens with one attached hydrogen (secondary N) is 1. The second-order valence-corrected chi connectivity index (χ2v) is 8.45. The molecule has 0 atom stereocenters. The zero-order chi connectivity index (χ0) is 20.7. The average molecular weight is 448 g/mol. The lowest BCUT2D eigenvalue weighted by molar-refractivity contribution is -0.120. The molecule has 1 N–H and O–H groups in total. The van der Waals surface area contributed by atoms with E-state index in [1.54, 1.807) is 24.1 Å². The number of nitrogens with zero attached hydrogens (tertiary/aromatic N) is 2. The fourth-order valence-electron chi connectivity index (χ4n) is 2.94. The van der Waals surface area contributed by atoms with Crippen LogP contribution in [-0.2, 0) is 4.79 Å². The minimum atomic E-state index is -0.326. The maximum absolute atomic E-state index is 12.5. The summed E-state index contributed by atoms with van der Waals surface area (Å²) in [6.07, 6.45) is 0. The Morgan fingerprint density at radius 1 is 1.21 bits per heavy atom. The first-order valence-electron chi connectivity index (χ1n) is 8.61. The fraction of sp³-hybridized carbons (Fsp3) is 0.150. The summed E-state index contributed by atoms with van der Waals surface area (Å²) in [5.41, 5.74) is 2.64. The van der Waals surface area contributed by atoms with Crippen LogP contribution in [-0.4, -0.2) is 30.5 Å². The standard InChI is InChI=1S/C20H15Cl2N3O3S/c1-10-18(11-4-6-16-15(8-11)25(2)17(26)9-28-16)23-20(29-10)24-19(27)12-3-5-13(21)14(22)7-12/h3-8H,9H2,1-2H3,(H,23,24,27). The van der Waals surface area contributed by atoms with Gasteiger partial charge in [0.15, 0.2) is 11.7 Å². The Hall–Kier alpha value is -2.61. The minimum Gasteiger partial charge on any atom is -0.482 e. The summed E-state index contributed by atoms with van der Waals surface area (Å²) in [6, 6.07) is 10.2. The molecule has 9 heteroatoms. The van der Waals surface area contributed by atoms with Crippen LogP contribution in [0.1, 0.15) is 15.2 Å². The van der Waals surface area contributed by atoms with Crippen molar-refractivity contribution in [1.29, 1.82) is 0 Å². The van der Waals surface area contributed by atoms with E-state index >= 15 is 0 Å². The van der Waals surface area contributed by atoms with Crippen LogP contribution in [0.25, 0.3) is 11.3 Å². The third-order valence-corrected chi connectivity index (χ3v) is 6.14. The lowest BCUT2D eigenvalue weighted by Gasteiger charge is -2.26. The van der Waals surface area contributed by atoms with Crippen LogP contribution in [0.4, 0.5) is 10.8 Å². The maximum atomic E-state index is 12.5. The molecule has 1 aliphatic rings. The molecule has 0 saturated carbocycles. The first-order chi connectivity index (χ1) is 13.8. The number of aryl methyl sites for hydroxylation is 1. The number of halogens is 2. The zero-order valence-electron chi connectivity index (χ0n) is 15.5. The number of aromatic nitrogens is 1. The number of benzene rings is 2. The predicted molar refractivity (Wildman–Crippen MR) is 116 cm³/mol. The van der Waals surface area contributed by atoms with Crippen molar-refractivity contribution in [3.63, 3.8) is 0 Å². The average Bonchev–Trinajstić information content (AvgIpc) is 3.06. The number of thiazole rings is 1. The largest absolute Gasteiger partial charge is 0.482 e. The van der Waals surface area contributed by atoms with Gasteiger partial charge >= 0.3 is 0 Å². The number of ether oxygens (including phenoxy) is 1. The number of hydrogen-bond acceptors (Lipinski definition) is 5. The molecular weight excluding hydrogens is 433 g/mol. The van der Waals surface area contributed by atoms with E-state index in [4.69, 9.17) is 27.9 Å².